The molecule has 1 aromatic carbocycles. The molecule has 5 nitrogen and oxygen atoms in total. The summed E-state index contributed by atoms with van der Waals surface area (Å²) in [5.41, 5.74) is 1.03. The van der Waals surface area contributed by atoms with Crippen molar-refractivity contribution in [3.63, 3.8) is 0 Å². The Morgan fingerprint density at radius 1 is 1.28 bits per heavy atom. The highest BCUT2D eigenvalue weighted by atomic mass is 19.4. The zero-order valence-corrected chi connectivity index (χ0v) is 14.1. The van der Waals surface area contributed by atoms with Gasteiger partial charge in [-0.1, -0.05) is 25.1 Å². The summed E-state index contributed by atoms with van der Waals surface area (Å²) in [6.45, 7) is 5.51. The molecule has 2 atom stereocenters. The van der Waals surface area contributed by atoms with Crippen LogP contribution in [0.25, 0.3) is 0 Å². The van der Waals surface area contributed by atoms with Crippen molar-refractivity contribution < 1.29 is 28.2 Å². The first kappa shape index (κ1) is 21.2. The molecule has 1 saturated heterocycles. The van der Waals surface area contributed by atoms with Crippen LogP contribution in [0.2, 0.25) is 0 Å². The van der Waals surface area contributed by atoms with Crippen LogP contribution in [-0.4, -0.2) is 48.0 Å². The van der Waals surface area contributed by atoms with Crippen LogP contribution >= 0.6 is 0 Å². The number of carboxylic acids is 1. The summed E-state index contributed by atoms with van der Waals surface area (Å²) in [7, 11) is 0. The molecule has 4 N–H and O–H groups in total. The largest absolute Gasteiger partial charge is 0.508 e. The van der Waals surface area contributed by atoms with Gasteiger partial charge in [-0.2, -0.15) is 13.2 Å². The second-order valence-corrected chi connectivity index (χ2v) is 6.05. The number of nitrogens with one attached hydrogen (secondary N) is 2. The third kappa shape index (κ3) is 8.22. The number of hydrogen-bond donors (Lipinski definition) is 4. The van der Waals surface area contributed by atoms with Crippen molar-refractivity contribution in [1.82, 2.24) is 10.6 Å². The molecule has 1 aliphatic rings. The van der Waals surface area contributed by atoms with Crippen LogP contribution < -0.4 is 10.6 Å². The van der Waals surface area contributed by atoms with Crippen molar-refractivity contribution >= 4 is 5.97 Å². The number of aromatic hydroxyl groups is 1. The Kier molecular flexibility index (Phi) is 8.71. The molecule has 0 saturated carbocycles. The standard InChI is InChI=1S/C15H24N2O.C2HF3O2/c1-12-6-9-16-10-8-14(12)17-11-7-13-4-2-3-5-15(13)18;3-2(4,5)1(6)7/h2-5,12,14,16-18H,6-11H2,1H3;(H,6,7). The van der Waals surface area contributed by atoms with E-state index in [1.165, 1.54) is 12.8 Å². The smallest absolute Gasteiger partial charge is 0.490 e. The minimum Gasteiger partial charge on any atom is -0.508 e. The maximum atomic E-state index is 10.6. The number of carboxylic acid groups (broad SMARTS) is 1. The number of rotatable bonds is 4. The van der Waals surface area contributed by atoms with Gasteiger partial charge in [0, 0.05) is 6.04 Å². The SMILES string of the molecule is CC1CCNCCC1NCCc1ccccc1O.O=C(O)C(F)(F)F. The van der Waals surface area contributed by atoms with E-state index >= 15 is 0 Å². The third-order valence-corrected chi connectivity index (χ3v) is 4.13. The van der Waals surface area contributed by atoms with Gasteiger partial charge in [-0.25, -0.2) is 4.79 Å². The van der Waals surface area contributed by atoms with E-state index in [0.29, 0.717) is 11.8 Å². The number of benzene rings is 1. The van der Waals surface area contributed by atoms with Gasteiger partial charge in [0.2, 0.25) is 0 Å². The molecule has 0 aliphatic carbocycles. The molecule has 1 fully saturated rings. The van der Waals surface area contributed by atoms with E-state index in [9.17, 15) is 18.3 Å². The van der Waals surface area contributed by atoms with E-state index in [1.807, 2.05) is 18.2 Å². The summed E-state index contributed by atoms with van der Waals surface area (Å²) in [5, 5.41) is 23.9. The summed E-state index contributed by atoms with van der Waals surface area (Å²) < 4.78 is 31.7. The Morgan fingerprint density at radius 3 is 2.48 bits per heavy atom. The van der Waals surface area contributed by atoms with Gasteiger partial charge >= 0.3 is 12.1 Å². The molecule has 0 radical (unpaired) electrons. The molecule has 1 heterocycles. The van der Waals surface area contributed by atoms with Crippen molar-refractivity contribution in [2.45, 2.75) is 38.4 Å². The van der Waals surface area contributed by atoms with E-state index in [-0.39, 0.29) is 0 Å². The molecule has 2 rings (SSSR count). The van der Waals surface area contributed by atoms with Crippen molar-refractivity contribution in [1.29, 1.82) is 0 Å². The predicted octanol–water partition coefficient (Wildman–Crippen LogP) is 2.55. The van der Waals surface area contributed by atoms with Crippen LogP contribution in [0.4, 0.5) is 13.2 Å². The molecule has 1 aromatic rings. The van der Waals surface area contributed by atoms with Gasteiger partial charge in [-0.15, -0.1) is 0 Å². The van der Waals surface area contributed by atoms with Crippen LogP contribution in [0.1, 0.15) is 25.3 Å². The molecule has 0 spiro atoms. The van der Waals surface area contributed by atoms with Gasteiger partial charge in [0.1, 0.15) is 5.75 Å². The van der Waals surface area contributed by atoms with Gasteiger partial charge in [0.15, 0.2) is 0 Å². The Labute approximate surface area is 145 Å². The average molecular weight is 362 g/mol. The van der Waals surface area contributed by atoms with E-state index in [1.54, 1.807) is 6.07 Å². The summed E-state index contributed by atoms with van der Waals surface area (Å²) in [6.07, 6.45) is -1.75. The summed E-state index contributed by atoms with van der Waals surface area (Å²) in [5.74, 6) is -1.62. The Balaban J connectivity index is 0.000000381. The first-order valence-corrected chi connectivity index (χ1v) is 8.23. The van der Waals surface area contributed by atoms with Gasteiger partial charge in [-0.05, 0) is 56.4 Å². The second kappa shape index (κ2) is 10.2. The van der Waals surface area contributed by atoms with E-state index in [0.717, 1.165) is 37.5 Å². The van der Waals surface area contributed by atoms with Crippen LogP contribution in [-0.2, 0) is 11.2 Å². The lowest BCUT2D eigenvalue weighted by Crippen LogP contribution is -2.36. The maximum Gasteiger partial charge on any atom is 0.490 e. The van der Waals surface area contributed by atoms with Crippen molar-refractivity contribution in [3.05, 3.63) is 29.8 Å². The Bertz CT molecular complexity index is 538. The van der Waals surface area contributed by atoms with Gasteiger partial charge < -0.3 is 20.8 Å². The molecule has 0 amide bonds. The van der Waals surface area contributed by atoms with Gasteiger partial charge in [0.05, 0.1) is 0 Å². The lowest BCUT2D eigenvalue weighted by atomic mass is 9.97. The number of halogens is 3. The van der Waals surface area contributed by atoms with E-state index in [2.05, 4.69) is 17.6 Å². The zero-order valence-electron chi connectivity index (χ0n) is 14.1. The summed E-state index contributed by atoms with van der Waals surface area (Å²) in [4.78, 5) is 8.90. The first-order valence-electron chi connectivity index (χ1n) is 8.23. The minimum absolute atomic E-state index is 0.412. The second-order valence-electron chi connectivity index (χ2n) is 6.05. The van der Waals surface area contributed by atoms with Crippen LogP contribution in [0.5, 0.6) is 5.75 Å². The third-order valence-electron chi connectivity index (χ3n) is 4.13. The summed E-state index contributed by atoms with van der Waals surface area (Å²) >= 11 is 0. The Hall–Kier alpha value is -1.80. The molecule has 8 heteroatoms. The number of alkyl halides is 3. The topological polar surface area (TPSA) is 81.6 Å². The molecule has 0 bridgehead atoms. The summed E-state index contributed by atoms with van der Waals surface area (Å²) in [6, 6.07) is 8.20. The first-order chi connectivity index (χ1) is 11.7. The van der Waals surface area contributed by atoms with Crippen molar-refractivity contribution in [2.24, 2.45) is 5.92 Å². The molecule has 0 aromatic heterocycles. The van der Waals surface area contributed by atoms with Gasteiger partial charge in [0.25, 0.3) is 0 Å². The van der Waals surface area contributed by atoms with Crippen LogP contribution in [0.15, 0.2) is 24.3 Å². The van der Waals surface area contributed by atoms with Crippen molar-refractivity contribution in [2.75, 3.05) is 19.6 Å². The fourth-order valence-corrected chi connectivity index (χ4v) is 2.62. The predicted molar refractivity (Wildman–Crippen MR) is 88.6 cm³/mol. The molecule has 142 valence electrons. The number of phenolic OH excluding ortho intramolecular Hbond substituents is 1. The average Bonchev–Trinajstić information content (AvgIpc) is 2.74. The maximum absolute atomic E-state index is 10.6. The molecule has 25 heavy (non-hydrogen) atoms. The van der Waals surface area contributed by atoms with Crippen LogP contribution in [0.3, 0.4) is 0 Å². The minimum atomic E-state index is -5.08. The lowest BCUT2D eigenvalue weighted by Gasteiger charge is -2.22. The van der Waals surface area contributed by atoms with E-state index < -0.39 is 12.1 Å². The van der Waals surface area contributed by atoms with Gasteiger partial charge in [-0.3, -0.25) is 0 Å². The fourth-order valence-electron chi connectivity index (χ4n) is 2.62. The van der Waals surface area contributed by atoms with Crippen molar-refractivity contribution in [3.8, 4) is 5.75 Å². The number of para-hydroxylation sites is 1. The highest BCUT2D eigenvalue weighted by Crippen LogP contribution is 2.17. The zero-order chi connectivity index (χ0) is 18.9. The quantitative estimate of drug-likeness (QED) is 0.662. The molecule has 2 unspecified atom stereocenters. The molecule has 1 aliphatic heterocycles. The number of phenols is 1. The highest BCUT2D eigenvalue weighted by Gasteiger charge is 2.38. The van der Waals surface area contributed by atoms with E-state index in [4.69, 9.17) is 9.90 Å². The fraction of sp³-hybridized carbons (Fsp3) is 0.588. The molecular weight excluding hydrogens is 337 g/mol. The van der Waals surface area contributed by atoms with Crippen LogP contribution in [0, 0.1) is 5.92 Å². The lowest BCUT2D eigenvalue weighted by molar-refractivity contribution is -0.192. The Morgan fingerprint density at radius 2 is 1.88 bits per heavy atom. The number of hydrogen-bond acceptors (Lipinski definition) is 4. The number of carbonyl (C=O) groups is 1. The monoisotopic (exact) mass is 362 g/mol. The molecular formula is C17H25F3N2O3. The highest BCUT2D eigenvalue weighted by molar-refractivity contribution is 5.73. The normalized spacial score (nSPS) is 21.0. The number of aliphatic carboxylic acids is 1.